The van der Waals surface area contributed by atoms with Gasteiger partial charge < -0.3 is 9.47 Å². The van der Waals surface area contributed by atoms with Crippen molar-refractivity contribution in [1.29, 1.82) is 0 Å². The van der Waals surface area contributed by atoms with Gasteiger partial charge in [-0.1, -0.05) is 23.7 Å². The molecule has 0 aliphatic carbocycles. The average Bonchev–Trinajstić information content (AvgIpc) is 2.78. The van der Waals surface area contributed by atoms with Gasteiger partial charge in [0.25, 0.3) is 11.6 Å². The molecule has 0 saturated heterocycles. The first-order valence-electron chi connectivity index (χ1n) is 9.33. The molecule has 0 unspecified atom stereocenters. The number of amides is 1. The summed E-state index contributed by atoms with van der Waals surface area (Å²) in [5, 5.41) is 26.5. The van der Waals surface area contributed by atoms with Crippen molar-refractivity contribution in [1.82, 2.24) is 5.43 Å². The lowest BCUT2D eigenvalue weighted by Crippen LogP contribution is -2.24. The van der Waals surface area contributed by atoms with Crippen LogP contribution in [-0.4, -0.2) is 28.6 Å². The number of halogens is 2. The molecular weight excluding hydrogens is 536 g/mol. The highest BCUT2D eigenvalue weighted by atomic mass is 79.9. The number of carbonyl (C=O) groups excluding carboxylic acids is 1. The molecule has 3 rings (SSSR count). The van der Waals surface area contributed by atoms with Crippen LogP contribution in [0.25, 0.3) is 0 Å². The van der Waals surface area contributed by atoms with E-state index in [2.05, 4.69) is 26.5 Å². The molecule has 34 heavy (non-hydrogen) atoms. The van der Waals surface area contributed by atoms with Gasteiger partial charge in [0.05, 0.1) is 26.6 Å². The molecule has 0 bridgehead atoms. The minimum atomic E-state index is -0.770. The molecule has 0 aliphatic heterocycles. The minimum Gasteiger partial charge on any atom is -0.483 e. The number of nitro benzene ring substituents is 2. The Morgan fingerprint density at radius 1 is 1.06 bits per heavy atom. The average molecular weight is 550 g/mol. The van der Waals surface area contributed by atoms with Gasteiger partial charge in [0, 0.05) is 11.1 Å². The number of hydrazone groups is 1. The predicted molar refractivity (Wildman–Crippen MR) is 127 cm³/mol. The standard InChI is InChI=1S/C21H14BrClN4O7/c22-17-9-14(23)4-6-19(17)33-12-21(28)25-24-11-13-2-1-3-16(8-13)34-20-7-5-15(26(29)30)10-18(20)27(31)32/h1-11H,12H2,(H,25,28)/b24-11+. The maximum Gasteiger partial charge on any atom is 0.318 e. The number of ether oxygens (including phenoxy) is 2. The number of carbonyl (C=O) groups is 1. The van der Waals surface area contributed by atoms with E-state index >= 15 is 0 Å². The zero-order valence-corrected chi connectivity index (χ0v) is 19.4. The summed E-state index contributed by atoms with van der Waals surface area (Å²) in [4.78, 5) is 32.6. The molecule has 174 valence electrons. The van der Waals surface area contributed by atoms with E-state index in [1.54, 1.807) is 36.4 Å². The first-order chi connectivity index (χ1) is 16.2. The molecule has 1 N–H and O–H groups in total. The van der Waals surface area contributed by atoms with Crippen molar-refractivity contribution in [3.05, 3.63) is 96.0 Å². The monoisotopic (exact) mass is 548 g/mol. The molecule has 0 radical (unpaired) electrons. The lowest BCUT2D eigenvalue weighted by Gasteiger charge is -2.07. The number of nitro groups is 2. The summed E-state index contributed by atoms with van der Waals surface area (Å²) in [5.74, 6) is -0.00706. The van der Waals surface area contributed by atoms with Crippen LogP contribution in [0.5, 0.6) is 17.2 Å². The Kier molecular flexibility index (Phi) is 8.11. The molecule has 3 aromatic rings. The molecular formula is C21H14BrClN4O7. The second kappa shape index (κ2) is 11.2. The molecule has 13 heteroatoms. The van der Waals surface area contributed by atoms with Crippen molar-refractivity contribution in [3.63, 3.8) is 0 Å². The zero-order chi connectivity index (χ0) is 24.7. The smallest absolute Gasteiger partial charge is 0.318 e. The van der Waals surface area contributed by atoms with Crippen LogP contribution in [0, 0.1) is 20.2 Å². The Morgan fingerprint density at radius 3 is 2.53 bits per heavy atom. The van der Waals surface area contributed by atoms with Gasteiger partial charge in [0.1, 0.15) is 11.5 Å². The zero-order valence-electron chi connectivity index (χ0n) is 17.0. The Labute approximate surface area is 205 Å². The summed E-state index contributed by atoms with van der Waals surface area (Å²) in [7, 11) is 0. The molecule has 0 fully saturated rings. The summed E-state index contributed by atoms with van der Waals surface area (Å²) < 4.78 is 11.5. The SMILES string of the molecule is O=C(COc1ccc(Cl)cc1Br)N/N=C/c1cccc(Oc2ccc([N+](=O)[O-])cc2[N+](=O)[O-])c1. The van der Waals surface area contributed by atoms with E-state index in [1.807, 2.05) is 0 Å². The summed E-state index contributed by atoms with van der Waals surface area (Å²) in [5.41, 5.74) is 1.85. The van der Waals surface area contributed by atoms with Crippen LogP contribution in [0.4, 0.5) is 11.4 Å². The third-order valence-corrected chi connectivity index (χ3v) is 4.95. The van der Waals surface area contributed by atoms with Crippen molar-refractivity contribution in [2.45, 2.75) is 0 Å². The molecule has 0 heterocycles. The topological polar surface area (TPSA) is 146 Å². The van der Waals surface area contributed by atoms with Crippen LogP contribution in [0.3, 0.4) is 0 Å². The Hall–Kier alpha value is -4.03. The van der Waals surface area contributed by atoms with E-state index in [-0.39, 0.29) is 18.1 Å². The second-order valence-electron chi connectivity index (χ2n) is 6.50. The van der Waals surface area contributed by atoms with Crippen LogP contribution in [0.2, 0.25) is 5.02 Å². The van der Waals surface area contributed by atoms with Gasteiger partial charge in [0.2, 0.25) is 5.75 Å². The predicted octanol–water partition coefficient (Wildman–Crippen LogP) is 5.24. The molecule has 0 aliphatic rings. The number of hydrogen-bond acceptors (Lipinski definition) is 8. The quantitative estimate of drug-likeness (QED) is 0.218. The maximum absolute atomic E-state index is 11.9. The van der Waals surface area contributed by atoms with Gasteiger partial charge in [0.15, 0.2) is 6.61 Å². The minimum absolute atomic E-state index is 0.163. The molecule has 0 atom stereocenters. The van der Waals surface area contributed by atoms with Gasteiger partial charge in [-0.3, -0.25) is 25.0 Å². The Morgan fingerprint density at radius 2 is 1.82 bits per heavy atom. The van der Waals surface area contributed by atoms with E-state index in [0.717, 1.165) is 18.2 Å². The fraction of sp³-hybridized carbons (Fsp3) is 0.0476. The molecule has 0 spiro atoms. The van der Waals surface area contributed by atoms with Crippen LogP contribution in [0.15, 0.2) is 70.2 Å². The number of rotatable bonds is 9. The summed E-state index contributed by atoms with van der Waals surface area (Å²) in [6, 6.07) is 14.3. The van der Waals surface area contributed by atoms with Gasteiger partial charge in [-0.25, -0.2) is 5.43 Å². The number of benzene rings is 3. The molecule has 0 aromatic heterocycles. The van der Waals surface area contributed by atoms with Crippen LogP contribution in [0.1, 0.15) is 5.56 Å². The lowest BCUT2D eigenvalue weighted by atomic mass is 10.2. The number of hydrogen-bond donors (Lipinski definition) is 1. The van der Waals surface area contributed by atoms with E-state index in [9.17, 15) is 25.0 Å². The van der Waals surface area contributed by atoms with E-state index < -0.39 is 27.1 Å². The third kappa shape index (κ3) is 6.73. The maximum atomic E-state index is 11.9. The first-order valence-corrected chi connectivity index (χ1v) is 10.5. The summed E-state index contributed by atoms with van der Waals surface area (Å²) in [6.07, 6.45) is 1.34. The molecule has 0 saturated carbocycles. The highest BCUT2D eigenvalue weighted by Crippen LogP contribution is 2.34. The fourth-order valence-corrected chi connectivity index (χ4v) is 3.38. The van der Waals surface area contributed by atoms with Crippen molar-refractivity contribution < 1.29 is 24.1 Å². The summed E-state index contributed by atoms with van der Waals surface area (Å²) >= 11 is 9.14. The van der Waals surface area contributed by atoms with Crippen molar-refractivity contribution in [3.8, 4) is 17.2 Å². The largest absolute Gasteiger partial charge is 0.483 e. The van der Waals surface area contributed by atoms with Crippen LogP contribution in [-0.2, 0) is 4.79 Å². The van der Waals surface area contributed by atoms with Crippen molar-refractivity contribution >= 4 is 51.0 Å². The van der Waals surface area contributed by atoms with Gasteiger partial charge in [-0.15, -0.1) is 0 Å². The van der Waals surface area contributed by atoms with Crippen LogP contribution >= 0.6 is 27.5 Å². The fourth-order valence-electron chi connectivity index (χ4n) is 2.58. The van der Waals surface area contributed by atoms with E-state index in [4.69, 9.17) is 21.1 Å². The highest BCUT2D eigenvalue weighted by Gasteiger charge is 2.21. The Bertz CT molecular complexity index is 1290. The normalized spacial score (nSPS) is 10.6. The lowest BCUT2D eigenvalue weighted by molar-refractivity contribution is -0.394. The molecule has 1 amide bonds. The van der Waals surface area contributed by atoms with Gasteiger partial charge >= 0.3 is 5.69 Å². The second-order valence-corrected chi connectivity index (χ2v) is 7.79. The number of non-ortho nitro benzene ring substituents is 1. The summed E-state index contributed by atoms with van der Waals surface area (Å²) in [6.45, 7) is -0.287. The third-order valence-electron chi connectivity index (χ3n) is 4.09. The Balaban J connectivity index is 1.61. The van der Waals surface area contributed by atoms with Crippen LogP contribution < -0.4 is 14.9 Å². The molecule has 11 nitrogen and oxygen atoms in total. The molecule has 3 aromatic carbocycles. The number of nitrogens with one attached hydrogen (secondary N) is 1. The van der Waals surface area contributed by atoms with E-state index in [1.165, 1.54) is 12.3 Å². The number of nitrogens with zero attached hydrogens (tertiary/aromatic N) is 3. The van der Waals surface area contributed by atoms with E-state index in [0.29, 0.717) is 20.8 Å². The van der Waals surface area contributed by atoms with Gasteiger partial charge in [-0.05, 0) is 57.9 Å². The first kappa shape index (κ1) is 24.6. The van der Waals surface area contributed by atoms with Gasteiger partial charge in [-0.2, -0.15) is 5.10 Å². The van der Waals surface area contributed by atoms with Crippen molar-refractivity contribution in [2.75, 3.05) is 6.61 Å². The van der Waals surface area contributed by atoms with Crippen molar-refractivity contribution in [2.24, 2.45) is 5.10 Å². The highest BCUT2D eigenvalue weighted by molar-refractivity contribution is 9.10.